The Morgan fingerprint density at radius 1 is 1.22 bits per heavy atom. The van der Waals surface area contributed by atoms with E-state index in [-0.39, 0.29) is 12.0 Å². The van der Waals surface area contributed by atoms with Crippen molar-refractivity contribution in [3.8, 4) is 5.75 Å². The van der Waals surface area contributed by atoms with E-state index in [1.54, 1.807) is 18.3 Å². The molecule has 0 aliphatic carbocycles. The molecule has 1 unspecified atom stereocenters. The summed E-state index contributed by atoms with van der Waals surface area (Å²) in [4.78, 5) is 12.0. The fourth-order valence-electron chi connectivity index (χ4n) is 2.24. The maximum atomic E-state index is 12.0. The van der Waals surface area contributed by atoms with Gasteiger partial charge in [0.05, 0.1) is 6.21 Å². The Hall–Kier alpha value is -2.40. The van der Waals surface area contributed by atoms with Crippen LogP contribution in [0.5, 0.6) is 5.75 Å². The quantitative estimate of drug-likeness (QED) is 0.654. The number of hydrazone groups is 1. The largest absolute Gasteiger partial charge is 0.485 e. The molecule has 0 bridgehead atoms. The summed E-state index contributed by atoms with van der Waals surface area (Å²) in [6, 6.07) is 14.9. The number of nitrogens with one attached hydrogen (secondary N) is 1. The number of hydrogen-bond acceptors (Lipinski definition) is 3. The summed E-state index contributed by atoms with van der Waals surface area (Å²) in [6.45, 7) is 1.95. The summed E-state index contributed by atoms with van der Waals surface area (Å²) in [7, 11) is 0. The zero-order valence-electron chi connectivity index (χ0n) is 12.5. The summed E-state index contributed by atoms with van der Waals surface area (Å²) in [5.41, 5.74) is 4.99. The first-order chi connectivity index (χ1) is 11.1. The van der Waals surface area contributed by atoms with Crippen molar-refractivity contribution in [2.45, 2.75) is 13.0 Å². The second kappa shape index (κ2) is 6.79. The van der Waals surface area contributed by atoms with Gasteiger partial charge in [-0.05, 0) is 43.3 Å². The first-order valence-corrected chi connectivity index (χ1v) is 7.99. The zero-order chi connectivity index (χ0) is 16.2. The highest BCUT2D eigenvalue weighted by Gasteiger charge is 2.16. The van der Waals surface area contributed by atoms with Gasteiger partial charge >= 0.3 is 0 Å². The lowest BCUT2D eigenvalue weighted by Crippen LogP contribution is -2.22. The van der Waals surface area contributed by atoms with E-state index in [4.69, 9.17) is 4.74 Å². The van der Waals surface area contributed by atoms with Gasteiger partial charge in [-0.1, -0.05) is 34.1 Å². The molecule has 2 aromatic carbocycles. The number of para-hydroxylation sites is 1. The third kappa shape index (κ3) is 3.68. The number of amides is 1. The normalized spacial score (nSPS) is 16.4. The van der Waals surface area contributed by atoms with Crippen LogP contribution < -0.4 is 10.2 Å². The highest BCUT2D eigenvalue weighted by Crippen LogP contribution is 2.28. The van der Waals surface area contributed by atoms with Crippen molar-refractivity contribution >= 4 is 34.1 Å². The Morgan fingerprint density at radius 2 is 1.96 bits per heavy atom. The summed E-state index contributed by atoms with van der Waals surface area (Å²) in [5.74, 6) is 0.607. The number of carbonyl (C=O) groups is 1. The van der Waals surface area contributed by atoms with Crippen molar-refractivity contribution in [1.29, 1.82) is 0 Å². The number of carbonyl (C=O) groups excluding carboxylic acids is 1. The lowest BCUT2D eigenvalue weighted by molar-refractivity contribution is 0.0955. The number of fused-ring (bicyclic) bond motifs is 1. The summed E-state index contributed by atoms with van der Waals surface area (Å²) in [5, 5.41) is 4.03. The first kappa shape index (κ1) is 15.5. The monoisotopic (exact) mass is 370 g/mol. The van der Waals surface area contributed by atoms with Crippen LogP contribution in [0, 0.1) is 0 Å². The smallest absolute Gasteiger partial charge is 0.271 e. The lowest BCUT2D eigenvalue weighted by atomic mass is 10.0. The maximum absolute atomic E-state index is 12.0. The lowest BCUT2D eigenvalue weighted by Gasteiger charge is -2.22. The third-order valence-corrected chi connectivity index (χ3v) is 4.03. The SMILES string of the molecule is CC1Oc2ccccc2C=C1C=NNC(=O)c1ccc(Br)cc1. The molecule has 0 radical (unpaired) electrons. The Bertz CT molecular complexity index is 782. The van der Waals surface area contributed by atoms with Crippen LogP contribution in [-0.2, 0) is 0 Å². The summed E-state index contributed by atoms with van der Waals surface area (Å²) < 4.78 is 6.75. The van der Waals surface area contributed by atoms with E-state index in [0.717, 1.165) is 21.4 Å². The van der Waals surface area contributed by atoms with Gasteiger partial charge in [-0.15, -0.1) is 0 Å². The van der Waals surface area contributed by atoms with E-state index in [1.165, 1.54) is 0 Å². The molecule has 4 nitrogen and oxygen atoms in total. The van der Waals surface area contributed by atoms with Gasteiger partial charge in [0.2, 0.25) is 0 Å². The minimum absolute atomic E-state index is 0.113. The molecule has 116 valence electrons. The van der Waals surface area contributed by atoms with Crippen molar-refractivity contribution in [2.24, 2.45) is 5.10 Å². The van der Waals surface area contributed by atoms with Gasteiger partial charge in [-0.25, -0.2) is 5.43 Å². The van der Waals surface area contributed by atoms with Gasteiger partial charge in [0.25, 0.3) is 5.91 Å². The molecule has 3 rings (SSSR count). The fourth-order valence-corrected chi connectivity index (χ4v) is 2.50. The van der Waals surface area contributed by atoms with Gasteiger partial charge in [0.1, 0.15) is 11.9 Å². The molecule has 1 N–H and O–H groups in total. The molecule has 0 fully saturated rings. The minimum atomic E-state index is -0.251. The van der Waals surface area contributed by atoms with Crippen molar-refractivity contribution in [2.75, 3.05) is 0 Å². The molecule has 23 heavy (non-hydrogen) atoms. The molecule has 1 atom stereocenters. The molecule has 0 saturated heterocycles. The Morgan fingerprint density at radius 3 is 2.74 bits per heavy atom. The molecule has 0 spiro atoms. The number of rotatable bonds is 3. The highest BCUT2D eigenvalue weighted by atomic mass is 79.9. The van der Waals surface area contributed by atoms with E-state index >= 15 is 0 Å². The standard InChI is InChI=1S/C18H15BrN2O2/c1-12-15(10-14-4-2-3-5-17(14)23-12)11-20-21-18(22)13-6-8-16(19)9-7-13/h2-12H,1H3,(H,21,22). The van der Waals surface area contributed by atoms with Gasteiger partial charge in [-0.3, -0.25) is 4.79 Å². The van der Waals surface area contributed by atoms with E-state index in [0.29, 0.717) is 5.56 Å². The van der Waals surface area contributed by atoms with Gasteiger partial charge in [-0.2, -0.15) is 5.10 Å². The topological polar surface area (TPSA) is 50.7 Å². The van der Waals surface area contributed by atoms with Crippen LogP contribution in [0.3, 0.4) is 0 Å². The Kier molecular flexibility index (Phi) is 4.57. The predicted octanol–water partition coefficient (Wildman–Crippen LogP) is 4.03. The van der Waals surface area contributed by atoms with Crippen molar-refractivity contribution in [1.82, 2.24) is 5.43 Å². The number of halogens is 1. The number of ether oxygens (including phenoxy) is 1. The molecule has 1 amide bonds. The maximum Gasteiger partial charge on any atom is 0.271 e. The van der Waals surface area contributed by atoms with Crippen LogP contribution in [0.25, 0.3) is 6.08 Å². The Balaban J connectivity index is 1.69. The number of nitrogens with zero attached hydrogens (tertiary/aromatic N) is 1. The Labute approximate surface area is 143 Å². The molecule has 1 aliphatic rings. The van der Waals surface area contributed by atoms with Crippen LogP contribution in [0.2, 0.25) is 0 Å². The van der Waals surface area contributed by atoms with Gasteiger partial charge in [0.15, 0.2) is 0 Å². The molecule has 1 heterocycles. The van der Waals surface area contributed by atoms with Crippen molar-refractivity contribution in [3.63, 3.8) is 0 Å². The van der Waals surface area contributed by atoms with Crippen LogP contribution in [-0.4, -0.2) is 18.2 Å². The fraction of sp³-hybridized carbons (Fsp3) is 0.111. The van der Waals surface area contributed by atoms with Gasteiger partial charge in [0, 0.05) is 21.2 Å². The molecule has 0 aromatic heterocycles. The number of benzene rings is 2. The average Bonchev–Trinajstić information content (AvgIpc) is 2.56. The third-order valence-electron chi connectivity index (χ3n) is 3.50. The van der Waals surface area contributed by atoms with E-state index in [1.807, 2.05) is 49.4 Å². The van der Waals surface area contributed by atoms with E-state index in [9.17, 15) is 4.79 Å². The summed E-state index contributed by atoms with van der Waals surface area (Å²) >= 11 is 3.34. The van der Waals surface area contributed by atoms with Crippen LogP contribution in [0.1, 0.15) is 22.8 Å². The molecule has 1 aliphatic heterocycles. The molecular weight excluding hydrogens is 356 g/mol. The van der Waals surface area contributed by atoms with E-state index < -0.39 is 0 Å². The summed E-state index contributed by atoms with van der Waals surface area (Å²) in [6.07, 6.45) is 3.52. The number of hydrogen-bond donors (Lipinski definition) is 1. The predicted molar refractivity (Wildman–Crippen MR) is 94.6 cm³/mol. The molecular formula is C18H15BrN2O2. The van der Waals surface area contributed by atoms with E-state index in [2.05, 4.69) is 26.5 Å². The molecule has 5 heteroatoms. The zero-order valence-corrected chi connectivity index (χ0v) is 14.1. The second-order valence-electron chi connectivity index (χ2n) is 5.15. The molecule has 2 aromatic rings. The van der Waals surface area contributed by atoms with Crippen LogP contribution in [0.4, 0.5) is 0 Å². The first-order valence-electron chi connectivity index (χ1n) is 7.20. The minimum Gasteiger partial charge on any atom is -0.485 e. The van der Waals surface area contributed by atoms with Crippen molar-refractivity contribution < 1.29 is 9.53 Å². The van der Waals surface area contributed by atoms with Crippen LogP contribution in [0.15, 0.2) is 63.7 Å². The molecule has 0 saturated carbocycles. The van der Waals surface area contributed by atoms with Crippen LogP contribution >= 0.6 is 15.9 Å². The highest BCUT2D eigenvalue weighted by molar-refractivity contribution is 9.10. The average molecular weight is 371 g/mol. The van der Waals surface area contributed by atoms with Gasteiger partial charge < -0.3 is 4.74 Å². The van der Waals surface area contributed by atoms with Crippen molar-refractivity contribution in [3.05, 3.63) is 69.7 Å². The second-order valence-corrected chi connectivity index (χ2v) is 6.06.